The number of esters is 1. The second-order valence-electron chi connectivity index (χ2n) is 8.55. The molecule has 0 N–H and O–H groups in total. The molecular formula is C31H22BrNO4. The highest BCUT2D eigenvalue weighted by Gasteiger charge is 2.24. The predicted molar refractivity (Wildman–Crippen MR) is 148 cm³/mol. The number of rotatable bonds is 6. The second-order valence-corrected chi connectivity index (χ2v) is 9.47. The van der Waals surface area contributed by atoms with Crippen LogP contribution in [0.3, 0.4) is 0 Å². The van der Waals surface area contributed by atoms with Crippen LogP contribution in [0.4, 0.5) is 0 Å². The van der Waals surface area contributed by atoms with Gasteiger partial charge in [-0.1, -0.05) is 101 Å². The normalized spacial score (nSPS) is 10.9. The molecule has 0 saturated carbocycles. The fraction of sp³-hybridized carbons (Fsp3) is 0.0645. The quantitative estimate of drug-likeness (QED) is 0.178. The standard InChI is InChI=1S/C31H22BrNO4/c1-37-31(36)28-27(21-8-4-2-5-9-21)26-18-24(32)16-17-25(26)30(35)33(28)19-20-12-14-23(15-13-20)29(34)22-10-6-3-7-11-22/h2-18H,19H2,1H3. The van der Waals surface area contributed by atoms with E-state index in [0.717, 1.165) is 15.6 Å². The predicted octanol–water partition coefficient (Wildman–Crippen LogP) is 6.50. The first kappa shape index (κ1) is 24.4. The van der Waals surface area contributed by atoms with Crippen molar-refractivity contribution in [3.05, 3.63) is 140 Å². The number of carbonyl (C=O) groups excluding carboxylic acids is 2. The first-order chi connectivity index (χ1) is 18.0. The maximum Gasteiger partial charge on any atom is 0.355 e. The Morgan fingerprint density at radius 2 is 1.41 bits per heavy atom. The van der Waals surface area contributed by atoms with Crippen LogP contribution in [0.5, 0.6) is 0 Å². The number of hydrogen-bond acceptors (Lipinski definition) is 4. The number of pyridine rings is 1. The van der Waals surface area contributed by atoms with Crippen LogP contribution < -0.4 is 5.56 Å². The van der Waals surface area contributed by atoms with Crippen LogP contribution in [0.2, 0.25) is 0 Å². The summed E-state index contributed by atoms with van der Waals surface area (Å²) >= 11 is 3.50. The SMILES string of the molecule is COC(=O)c1c(-c2ccccc2)c2cc(Br)ccc2c(=O)n1Cc1ccc(C(=O)c2ccccc2)cc1. The van der Waals surface area contributed by atoms with E-state index in [9.17, 15) is 14.4 Å². The van der Waals surface area contributed by atoms with Crippen LogP contribution in [-0.2, 0) is 11.3 Å². The number of ketones is 1. The van der Waals surface area contributed by atoms with E-state index in [-0.39, 0.29) is 23.6 Å². The van der Waals surface area contributed by atoms with Gasteiger partial charge in [-0.15, -0.1) is 0 Å². The fourth-order valence-electron chi connectivity index (χ4n) is 4.48. The van der Waals surface area contributed by atoms with Crippen LogP contribution in [0, 0.1) is 0 Å². The molecule has 0 aliphatic heterocycles. The van der Waals surface area contributed by atoms with Crippen molar-refractivity contribution in [3.63, 3.8) is 0 Å². The van der Waals surface area contributed by atoms with E-state index < -0.39 is 5.97 Å². The highest BCUT2D eigenvalue weighted by Crippen LogP contribution is 2.33. The van der Waals surface area contributed by atoms with Gasteiger partial charge in [0, 0.05) is 26.5 Å². The zero-order valence-corrected chi connectivity index (χ0v) is 21.6. The third kappa shape index (κ3) is 4.76. The van der Waals surface area contributed by atoms with Crippen LogP contribution in [-0.4, -0.2) is 23.4 Å². The van der Waals surface area contributed by atoms with Crippen molar-refractivity contribution in [1.82, 2.24) is 4.57 Å². The van der Waals surface area contributed by atoms with E-state index in [1.54, 1.807) is 42.5 Å². The van der Waals surface area contributed by atoms with Crippen molar-refractivity contribution in [2.75, 3.05) is 7.11 Å². The molecule has 1 heterocycles. The van der Waals surface area contributed by atoms with Crippen LogP contribution in [0.25, 0.3) is 21.9 Å². The molecule has 5 aromatic rings. The number of aromatic nitrogens is 1. The number of methoxy groups -OCH3 is 1. The van der Waals surface area contributed by atoms with Crippen molar-refractivity contribution in [1.29, 1.82) is 0 Å². The lowest BCUT2D eigenvalue weighted by Crippen LogP contribution is -2.28. The molecule has 0 aliphatic rings. The number of ether oxygens (including phenoxy) is 1. The fourth-order valence-corrected chi connectivity index (χ4v) is 4.84. The van der Waals surface area contributed by atoms with Crippen LogP contribution in [0.1, 0.15) is 32.0 Å². The zero-order valence-electron chi connectivity index (χ0n) is 20.0. The van der Waals surface area contributed by atoms with Gasteiger partial charge in [0.25, 0.3) is 5.56 Å². The molecule has 5 nitrogen and oxygen atoms in total. The summed E-state index contributed by atoms with van der Waals surface area (Å²) in [7, 11) is 1.31. The van der Waals surface area contributed by atoms with Crippen LogP contribution >= 0.6 is 15.9 Å². The third-order valence-corrected chi connectivity index (χ3v) is 6.76. The lowest BCUT2D eigenvalue weighted by Gasteiger charge is -2.19. The van der Waals surface area contributed by atoms with E-state index in [4.69, 9.17) is 4.74 Å². The number of hydrogen-bond donors (Lipinski definition) is 0. The highest BCUT2D eigenvalue weighted by atomic mass is 79.9. The topological polar surface area (TPSA) is 65.4 Å². The van der Waals surface area contributed by atoms with Gasteiger partial charge in [0.1, 0.15) is 5.69 Å². The van der Waals surface area contributed by atoms with E-state index >= 15 is 0 Å². The molecule has 0 unspecified atom stereocenters. The van der Waals surface area contributed by atoms with E-state index in [2.05, 4.69) is 15.9 Å². The van der Waals surface area contributed by atoms with E-state index in [1.165, 1.54) is 11.7 Å². The maximum absolute atomic E-state index is 13.7. The van der Waals surface area contributed by atoms with Crippen molar-refractivity contribution >= 4 is 38.5 Å². The van der Waals surface area contributed by atoms with Gasteiger partial charge in [0.2, 0.25) is 0 Å². The molecule has 0 bridgehead atoms. The average Bonchev–Trinajstić information content (AvgIpc) is 2.94. The van der Waals surface area contributed by atoms with Gasteiger partial charge in [-0.05, 0) is 34.7 Å². The third-order valence-electron chi connectivity index (χ3n) is 6.27. The van der Waals surface area contributed by atoms with Crippen molar-refractivity contribution < 1.29 is 14.3 Å². The summed E-state index contributed by atoms with van der Waals surface area (Å²) < 4.78 is 7.41. The second kappa shape index (κ2) is 10.4. The Balaban J connectivity index is 1.66. The van der Waals surface area contributed by atoms with Crippen LogP contribution in [0.15, 0.2) is 112 Å². The summed E-state index contributed by atoms with van der Waals surface area (Å²) in [5.41, 5.74) is 3.22. The first-order valence-corrected chi connectivity index (χ1v) is 12.5. The van der Waals surface area contributed by atoms with Gasteiger partial charge in [-0.25, -0.2) is 4.79 Å². The summed E-state index contributed by atoms with van der Waals surface area (Å²) in [6, 6.07) is 31.0. The first-order valence-electron chi connectivity index (χ1n) is 11.7. The molecule has 0 aliphatic carbocycles. The van der Waals surface area contributed by atoms with Gasteiger partial charge in [-0.2, -0.15) is 0 Å². The lowest BCUT2D eigenvalue weighted by atomic mass is 9.96. The van der Waals surface area contributed by atoms with Gasteiger partial charge in [0.15, 0.2) is 5.78 Å². The monoisotopic (exact) mass is 551 g/mol. The summed E-state index contributed by atoms with van der Waals surface area (Å²) in [6.07, 6.45) is 0. The smallest absolute Gasteiger partial charge is 0.355 e. The van der Waals surface area contributed by atoms with Crippen molar-refractivity contribution in [3.8, 4) is 11.1 Å². The molecule has 0 spiro atoms. The van der Waals surface area contributed by atoms with Gasteiger partial charge < -0.3 is 4.74 Å². The molecule has 4 aromatic carbocycles. The summed E-state index contributed by atoms with van der Waals surface area (Å²) in [5, 5.41) is 1.15. The molecule has 5 rings (SSSR count). The Kier molecular flexibility index (Phi) is 6.84. The molecule has 0 amide bonds. The molecular weight excluding hydrogens is 530 g/mol. The highest BCUT2D eigenvalue weighted by molar-refractivity contribution is 9.10. The number of fused-ring (bicyclic) bond motifs is 1. The summed E-state index contributed by atoms with van der Waals surface area (Å²) in [4.78, 5) is 39.7. The van der Waals surface area contributed by atoms with Gasteiger partial charge in [-0.3, -0.25) is 14.2 Å². The van der Waals surface area contributed by atoms with Gasteiger partial charge >= 0.3 is 5.97 Å². The molecule has 182 valence electrons. The summed E-state index contributed by atoms with van der Waals surface area (Å²) in [5.74, 6) is -0.684. The Hall–Kier alpha value is -4.29. The van der Waals surface area contributed by atoms with E-state index in [1.807, 2.05) is 60.7 Å². The average molecular weight is 552 g/mol. The molecule has 1 aromatic heterocycles. The summed E-state index contributed by atoms with van der Waals surface area (Å²) in [6.45, 7) is 0.134. The molecule has 0 atom stereocenters. The minimum atomic E-state index is -0.603. The lowest BCUT2D eigenvalue weighted by molar-refractivity contribution is 0.0588. The Morgan fingerprint density at radius 3 is 2.05 bits per heavy atom. The number of nitrogens with zero attached hydrogens (tertiary/aromatic N) is 1. The number of benzene rings is 4. The van der Waals surface area contributed by atoms with Crippen molar-refractivity contribution in [2.45, 2.75) is 6.54 Å². The minimum Gasteiger partial charge on any atom is -0.464 e. The molecule has 6 heteroatoms. The largest absolute Gasteiger partial charge is 0.464 e. The maximum atomic E-state index is 13.7. The molecule has 0 radical (unpaired) electrons. The molecule has 0 fully saturated rings. The number of carbonyl (C=O) groups is 2. The van der Waals surface area contributed by atoms with E-state index in [0.29, 0.717) is 27.5 Å². The van der Waals surface area contributed by atoms with Crippen molar-refractivity contribution in [2.24, 2.45) is 0 Å². The number of halogens is 1. The Bertz CT molecular complexity index is 1670. The van der Waals surface area contributed by atoms with Gasteiger partial charge in [0.05, 0.1) is 13.7 Å². The molecule has 0 saturated heterocycles. The Labute approximate surface area is 222 Å². The minimum absolute atomic E-state index is 0.0813. The molecule has 37 heavy (non-hydrogen) atoms. The zero-order chi connectivity index (χ0) is 25.9. The Morgan fingerprint density at radius 1 is 0.784 bits per heavy atom.